The molecular weight excluding hydrogens is 239 g/mol. The van der Waals surface area contributed by atoms with E-state index in [0.29, 0.717) is 10.3 Å². The number of nitrogens with zero attached hydrogens (tertiary/aromatic N) is 2. The summed E-state index contributed by atoms with van der Waals surface area (Å²) in [7, 11) is 0. The van der Waals surface area contributed by atoms with Crippen LogP contribution in [0.4, 0.5) is 13.2 Å². The van der Waals surface area contributed by atoms with Crippen LogP contribution in [0.25, 0.3) is 10.3 Å². The molecule has 0 radical (unpaired) electrons. The molecule has 2 aromatic rings. The summed E-state index contributed by atoms with van der Waals surface area (Å²) in [6.07, 6.45) is -3.02. The normalized spacial score (nSPS) is 16.3. The van der Waals surface area contributed by atoms with E-state index in [1.807, 2.05) is 0 Å². The van der Waals surface area contributed by atoms with Gasteiger partial charge in [0.15, 0.2) is 5.54 Å². The highest BCUT2D eigenvalue weighted by Crippen LogP contribution is 2.39. The van der Waals surface area contributed by atoms with Crippen molar-refractivity contribution in [2.24, 2.45) is 5.73 Å². The Morgan fingerprint density at radius 1 is 1.38 bits per heavy atom. The predicted octanol–water partition coefficient (Wildman–Crippen LogP) is 2.43. The fourth-order valence-electron chi connectivity index (χ4n) is 1.11. The first-order valence-electron chi connectivity index (χ1n) is 4.40. The van der Waals surface area contributed by atoms with Crippen LogP contribution in [0.5, 0.6) is 0 Å². The second-order valence-electron chi connectivity index (χ2n) is 3.55. The van der Waals surface area contributed by atoms with Crippen LogP contribution in [0.2, 0.25) is 0 Å². The molecule has 86 valence electrons. The van der Waals surface area contributed by atoms with Crippen molar-refractivity contribution in [1.82, 2.24) is 9.97 Å². The number of pyridine rings is 1. The quantitative estimate of drug-likeness (QED) is 0.842. The second-order valence-corrected chi connectivity index (χ2v) is 4.52. The molecule has 0 aliphatic carbocycles. The molecule has 0 aromatic carbocycles. The van der Waals surface area contributed by atoms with Crippen molar-refractivity contribution in [2.45, 2.75) is 18.6 Å². The lowest BCUT2D eigenvalue weighted by Crippen LogP contribution is -2.47. The fourth-order valence-corrected chi connectivity index (χ4v) is 2.10. The van der Waals surface area contributed by atoms with E-state index in [4.69, 9.17) is 5.73 Å². The van der Waals surface area contributed by atoms with Gasteiger partial charge in [-0.25, -0.2) is 9.97 Å². The molecule has 0 amide bonds. The lowest BCUT2D eigenvalue weighted by molar-refractivity contribution is -0.184. The summed E-state index contributed by atoms with van der Waals surface area (Å²) in [4.78, 5) is 8.25. The minimum Gasteiger partial charge on any atom is -0.312 e. The largest absolute Gasteiger partial charge is 0.412 e. The fraction of sp³-hybridized carbons (Fsp3) is 0.333. The van der Waals surface area contributed by atoms with Crippen LogP contribution in [-0.4, -0.2) is 16.1 Å². The monoisotopic (exact) mass is 247 g/mol. The van der Waals surface area contributed by atoms with E-state index in [2.05, 4.69) is 9.97 Å². The topological polar surface area (TPSA) is 51.8 Å². The maximum atomic E-state index is 12.7. The zero-order chi connectivity index (χ0) is 12.0. The molecule has 7 heteroatoms. The SMILES string of the molecule is CC(N)(c1nc2cccnc2s1)C(F)(F)F. The first-order valence-corrected chi connectivity index (χ1v) is 5.21. The van der Waals surface area contributed by atoms with Gasteiger partial charge in [-0.3, -0.25) is 0 Å². The summed E-state index contributed by atoms with van der Waals surface area (Å²) in [6.45, 7) is 0.907. The molecule has 2 heterocycles. The number of hydrogen-bond acceptors (Lipinski definition) is 4. The van der Waals surface area contributed by atoms with Gasteiger partial charge in [0.25, 0.3) is 0 Å². The molecule has 3 nitrogen and oxygen atoms in total. The van der Waals surface area contributed by atoms with Gasteiger partial charge in [-0.1, -0.05) is 11.3 Å². The van der Waals surface area contributed by atoms with Crippen molar-refractivity contribution in [3.05, 3.63) is 23.3 Å². The Hall–Kier alpha value is -1.21. The van der Waals surface area contributed by atoms with Crippen molar-refractivity contribution in [3.8, 4) is 0 Å². The van der Waals surface area contributed by atoms with Crippen molar-refractivity contribution in [1.29, 1.82) is 0 Å². The smallest absolute Gasteiger partial charge is 0.312 e. The van der Waals surface area contributed by atoms with Crippen molar-refractivity contribution < 1.29 is 13.2 Å². The molecule has 0 bridgehead atoms. The average molecular weight is 247 g/mol. The highest BCUT2D eigenvalue weighted by molar-refractivity contribution is 7.18. The Labute approximate surface area is 93.1 Å². The number of fused-ring (bicyclic) bond motifs is 1. The third-order valence-electron chi connectivity index (χ3n) is 2.20. The van der Waals surface area contributed by atoms with Gasteiger partial charge in [-0.15, -0.1) is 0 Å². The van der Waals surface area contributed by atoms with Crippen molar-refractivity contribution in [2.75, 3.05) is 0 Å². The zero-order valence-electron chi connectivity index (χ0n) is 8.25. The van der Waals surface area contributed by atoms with Gasteiger partial charge in [0.2, 0.25) is 0 Å². The van der Waals surface area contributed by atoms with E-state index >= 15 is 0 Å². The Balaban J connectivity index is 2.56. The second kappa shape index (κ2) is 3.39. The van der Waals surface area contributed by atoms with Crippen molar-refractivity contribution >= 4 is 21.7 Å². The lowest BCUT2D eigenvalue weighted by atomic mass is 10.1. The van der Waals surface area contributed by atoms with Crippen LogP contribution in [0.1, 0.15) is 11.9 Å². The van der Waals surface area contributed by atoms with E-state index in [9.17, 15) is 13.2 Å². The van der Waals surface area contributed by atoms with Gasteiger partial charge in [0.05, 0.1) is 0 Å². The van der Waals surface area contributed by atoms with E-state index in [-0.39, 0.29) is 5.01 Å². The molecule has 2 aromatic heterocycles. The van der Waals surface area contributed by atoms with E-state index < -0.39 is 11.7 Å². The number of alkyl halides is 3. The molecule has 2 N–H and O–H groups in total. The number of halogens is 3. The van der Waals surface area contributed by atoms with Crippen molar-refractivity contribution in [3.63, 3.8) is 0 Å². The summed E-state index contributed by atoms with van der Waals surface area (Å²) in [6, 6.07) is 3.22. The Kier molecular flexibility index (Phi) is 2.39. The molecule has 16 heavy (non-hydrogen) atoms. The van der Waals surface area contributed by atoms with Crippen LogP contribution < -0.4 is 5.73 Å². The number of nitrogens with two attached hydrogens (primary N) is 1. The molecular formula is C9H8F3N3S. The minimum atomic E-state index is -4.53. The molecule has 0 saturated heterocycles. The minimum absolute atomic E-state index is 0.172. The van der Waals surface area contributed by atoms with Crippen LogP contribution in [0.15, 0.2) is 18.3 Å². The van der Waals surface area contributed by atoms with Crippen LogP contribution >= 0.6 is 11.3 Å². The van der Waals surface area contributed by atoms with Crippen LogP contribution in [0.3, 0.4) is 0 Å². The maximum Gasteiger partial charge on any atom is 0.412 e. The van der Waals surface area contributed by atoms with Gasteiger partial charge < -0.3 is 5.73 Å². The molecule has 0 aliphatic heterocycles. The predicted molar refractivity (Wildman–Crippen MR) is 55.0 cm³/mol. The van der Waals surface area contributed by atoms with Gasteiger partial charge >= 0.3 is 6.18 Å². The molecule has 0 spiro atoms. The third kappa shape index (κ3) is 1.65. The van der Waals surface area contributed by atoms with Gasteiger partial charge in [0.1, 0.15) is 15.4 Å². The number of thiazole rings is 1. The van der Waals surface area contributed by atoms with Crippen LogP contribution in [0, 0.1) is 0 Å². The molecule has 0 aliphatic rings. The standard InChI is InChI=1S/C9H8F3N3S/c1-8(13,9(10,11)12)7-15-5-3-2-4-14-6(5)16-7/h2-4H,13H2,1H3. The van der Waals surface area contributed by atoms with Gasteiger partial charge in [-0.05, 0) is 19.1 Å². The van der Waals surface area contributed by atoms with Gasteiger partial charge in [-0.2, -0.15) is 13.2 Å². The number of aromatic nitrogens is 2. The van der Waals surface area contributed by atoms with E-state index in [1.54, 1.807) is 12.1 Å². The number of hydrogen-bond donors (Lipinski definition) is 1. The zero-order valence-corrected chi connectivity index (χ0v) is 9.06. The molecule has 1 atom stereocenters. The highest BCUT2D eigenvalue weighted by Gasteiger charge is 2.51. The Bertz CT molecular complexity index is 485. The first kappa shape index (κ1) is 11.3. The summed E-state index contributed by atoms with van der Waals surface area (Å²) >= 11 is 0.864. The molecule has 2 rings (SSSR count). The first-order chi connectivity index (χ1) is 7.32. The summed E-state index contributed by atoms with van der Waals surface area (Å²) in [5.74, 6) is 0. The van der Waals surface area contributed by atoms with Gasteiger partial charge in [0, 0.05) is 6.20 Å². The lowest BCUT2D eigenvalue weighted by Gasteiger charge is -2.24. The number of rotatable bonds is 1. The maximum absolute atomic E-state index is 12.7. The summed E-state index contributed by atoms with van der Waals surface area (Å²) in [5, 5.41) is -0.172. The summed E-state index contributed by atoms with van der Waals surface area (Å²) < 4.78 is 38.0. The molecule has 0 saturated carbocycles. The summed E-state index contributed by atoms with van der Waals surface area (Å²) in [5.41, 5.74) is 3.28. The highest BCUT2D eigenvalue weighted by atomic mass is 32.1. The third-order valence-corrected chi connectivity index (χ3v) is 3.42. The van der Waals surface area contributed by atoms with E-state index in [1.165, 1.54) is 6.20 Å². The molecule has 1 unspecified atom stereocenters. The molecule has 0 fully saturated rings. The average Bonchev–Trinajstić information content (AvgIpc) is 2.59. The van der Waals surface area contributed by atoms with E-state index in [0.717, 1.165) is 18.3 Å². The Morgan fingerprint density at radius 2 is 2.06 bits per heavy atom. The van der Waals surface area contributed by atoms with Crippen LogP contribution in [-0.2, 0) is 5.54 Å². The Morgan fingerprint density at radius 3 is 2.62 bits per heavy atom.